The van der Waals surface area contributed by atoms with Crippen molar-refractivity contribution < 1.29 is 18.0 Å². The number of aryl methyl sites for hydroxylation is 1. The fraction of sp³-hybridized carbons (Fsp3) is 0.375. The number of hydrogen-bond donors (Lipinski definition) is 2. The van der Waals surface area contributed by atoms with Gasteiger partial charge in [-0.1, -0.05) is 4.89 Å². The summed E-state index contributed by atoms with van der Waals surface area (Å²) in [7, 11) is -2.23. The summed E-state index contributed by atoms with van der Waals surface area (Å²) in [5.41, 5.74) is 5.17. The maximum absolute atomic E-state index is 11.6. The van der Waals surface area contributed by atoms with E-state index >= 15 is 0 Å². The van der Waals surface area contributed by atoms with E-state index in [1.165, 1.54) is 23.9 Å². The van der Waals surface area contributed by atoms with E-state index < -0.39 is 15.9 Å². The average molecular weight is 247 g/mol. The molecule has 3 N–H and O–H groups in total. The molecule has 0 aliphatic carbocycles. The number of rotatable bonds is 5. The molecule has 0 spiro atoms. The lowest BCUT2D eigenvalue weighted by Crippen LogP contribution is -2.23. The molecule has 0 bridgehead atoms. The van der Waals surface area contributed by atoms with Crippen LogP contribution in [-0.4, -0.2) is 25.5 Å². The molecule has 1 aromatic heterocycles. The standard InChI is InChI=1S/C8H13N3O4S/c1-3-15-10-16(13,14)6-4-7(8(9)12)11(2)5-6/h4-5,10H,3H2,1-2H3,(H2,9,12). The number of carbonyl (C=O) groups is 1. The first-order valence-corrected chi connectivity index (χ1v) is 5.96. The van der Waals surface area contributed by atoms with Crippen molar-refractivity contribution in [3.8, 4) is 0 Å². The largest absolute Gasteiger partial charge is 0.364 e. The third-order valence-electron chi connectivity index (χ3n) is 1.86. The van der Waals surface area contributed by atoms with Crippen molar-refractivity contribution in [2.75, 3.05) is 6.61 Å². The first-order valence-electron chi connectivity index (χ1n) is 4.48. The molecule has 1 aromatic rings. The molecule has 90 valence electrons. The minimum Gasteiger partial charge on any atom is -0.364 e. The van der Waals surface area contributed by atoms with Crippen LogP contribution in [0.15, 0.2) is 17.2 Å². The van der Waals surface area contributed by atoms with E-state index in [2.05, 4.69) is 4.84 Å². The van der Waals surface area contributed by atoms with Crippen LogP contribution < -0.4 is 10.6 Å². The first kappa shape index (κ1) is 12.7. The van der Waals surface area contributed by atoms with Crippen LogP contribution in [0.3, 0.4) is 0 Å². The molecule has 0 saturated carbocycles. The van der Waals surface area contributed by atoms with E-state index in [0.717, 1.165) is 0 Å². The summed E-state index contributed by atoms with van der Waals surface area (Å²) >= 11 is 0. The lowest BCUT2D eigenvalue weighted by Gasteiger charge is -2.02. The van der Waals surface area contributed by atoms with Gasteiger partial charge in [0.1, 0.15) is 10.6 Å². The van der Waals surface area contributed by atoms with Gasteiger partial charge in [-0.15, -0.1) is 0 Å². The molecule has 0 aromatic carbocycles. The molecule has 8 heteroatoms. The Morgan fingerprint density at radius 2 is 2.25 bits per heavy atom. The Balaban J connectivity index is 3.06. The molecule has 7 nitrogen and oxygen atoms in total. The number of nitrogens with two attached hydrogens (primary N) is 1. The van der Waals surface area contributed by atoms with Crippen molar-refractivity contribution in [3.05, 3.63) is 18.0 Å². The quantitative estimate of drug-likeness (QED) is 0.675. The second-order valence-corrected chi connectivity index (χ2v) is 4.70. The summed E-state index contributed by atoms with van der Waals surface area (Å²) < 4.78 is 24.5. The van der Waals surface area contributed by atoms with E-state index in [9.17, 15) is 13.2 Å². The maximum Gasteiger partial charge on any atom is 0.265 e. The predicted octanol–water partition coefficient (Wildman–Crippen LogP) is -0.646. The van der Waals surface area contributed by atoms with E-state index in [0.29, 0.717) is 0 Å². The van der Waals surface area contributed by atoms with Crippen LogP contribution in [0.1, 0.15) is 17.4 Å². The Bertz CT molecular complexity index is 491. The van der Waals surface area contributed by atoms with E-state index in [4.69, 9.17) is 5.73 Å². The van der Waals surface area contributed by atoms with Crippen molar-refractivity contribution in [1.82, 2.24) is 9.45 Å². The minimum absolute atomic E-state index is 0.0720. The number of hydrogen-bond acceptors (Lipinski definition) is 4. The molecule has 1 heterocycles. The van der Waals surface area contributed by atoms with Crippen molar-refractivity contribution in [2.45, 2.75) is 11.8 Å². The second-order valence-electron chi connectivity index (χ2n) is 3.06. The molecule has 0 radical (unpaired) electrons. The van der Waals surface area contributed by atoms with Gasteiger partial charge in [0.05, 0.1) is 6.61 Å². The Hall–Kier alpha value is -1.38. The van der Waals surface area contributed by atoms with E-state index in [1.54, 1.807) is 6.92 Å². The van der Waals surface area contributed by atoms with E-state index in [1.807, 2.05) is 4.89 Å². The predicted molar refractivity (Wildman–Crippen MR) is 55.9 cm³/mol. The number of primary amides is 1. The van der Waals surface area contributed by atoms with Gasteiger partial charge < -0.3 is 10.3 Å². The van der Waals surface area contributed by atoms with Gasteiger partial charge in [0.2, 0.25) is 0 Å². The molecule has 16 heavy (non-hydrogen) atoms. The molecule has 0 fully saturated rings. The lowest BCUT2D eigenvalue weighted by atomic mass is 10.4. The van der Waals surface area contributed by atoms with Gasteiger partial charge in [0, 0.05) is 13.2 Å². The van der Waals surface area contributed by atoms with E-state index in [-0.39, 0.29) is 17.2 Å². The van der Waals surface area contributed by atoms with Crippen LogP contribution in [0.5, 0.6) is 0 Å². The topological polar surface area (TPSA) is 103 Å². The highest BCUT2D eigenvalue weighted by Crippen LogP contribution is 2.12. The summed E-state index contributed by atoms with van der Waals surface area (Å²) in [6.45, 7) is 1.84. The van der Waals surface area contributed by atoms with Crippen LogP contribution in [-0.2, 0) is 21.9 Å². The molecule has 0 aliphatic heterocycles. The van der Waals surface area contributed by atoms with Gasteiger partial charge in [-0.05, 0) is 13.0 Å². The molecule has 0 aliphatic rings. The monoisotopic (exact) mass is 247 g/mol. The summed E-state index contributed by atoms with van der Waals surface area (Å²) in [6.07, 6.45) is 1.28. The van der Waals surface area contributed by atoms with Crippen LogP contribution in [0.4, 0.5) is 0 Å². The SMILES string of the molecule is CCONS(=O)(=O)c1cc(C(N)=O)n(C)c1. The highest BCUT2D eigenvalue weighted by atomic mass is 32.2. The molecule has 1 amide bonds. The Kier molecular flexibility index (Phi) is 3.68. The third kappa shape index (κ3) is 2.60. The van der Waals surface area contributed by atoms with Crippen molar-refractivity contribution in [2.24, 2.45) is 12.8 Å². The summed E-state index contributed by atoms with van der Waals surface area (Å²) in [5.74, 6) is -0.694. The summed E-state index contributed by atoms with van der Waals surface area (Å²) in [5, 5.41) is 0. The van der Waals surface area contributed by atoms with Gasteiger partial charge in [-0.25, -0.2) is 8.42 Å². The fourth-order valence-corrected chi connectivity index (χ4v) is 2.04. The Morgan fingerprint density at radius 3 is 2.69 bits per heavy atom. The van der Waals surface area contributed by atoms with Crippen molar-refractivity contribution >= 4 is 15.9 Å². The van der Waals surface area contributed by atoms with Crippen LogP contribution in [0.2, 0.25) is 0 Å². The van der Waals surface area contributed by atoms with Crippen LogP contribution in [0.25, 0.3) is 0 Å². The van der Waals surface area contributed by atoms with Gasteiger partial charge in [0.15, 0.2) is 0 Å². The molecule has 0 saturated heterocycles. The smallest absolute Gasteiger partial charge is 0.265 e. The molecular weight excluding hydrogens is 234 g/mol. The highest BCUT2D eigenvalue weighted by molar-refractivity contribution is 7.89. The second kappa shape index (κ2) is 4.64. The summed E-state index contributed by atoms with van der Waals surface area (Å²) in [6, 6.07) is 1.18. The number of amides is 1. The average Bonchev–Trinajstić information content (AvgIpc) is 2.58. The number of aromatic nitrogens is 1. The number of sulfonamides is 1. The normalized spacial score (nSPS) is 11.6. The summed E-state index contributed by atoms with van der Waals surface area (Å²) in [4.78, 5) is 17.4. The molecular formula is C8H13N3O4S. The third-order valence-corrected chi connectivity index (χ3v) is 3.04. The Morgan fingerprint density at radius 1 is 1.62 bits per heavy atom. The zero-order valence-electron chi connectivity index (χ0n) is 8.93. The first-order chi connectivity index (χ1) is 7.38. The highest BCUT2D eigenvalue weighted by Gasteiger charge is 2.19. The van der Waals surface area contributed by atoms with Gasteiger partial charge in [0.25, 0.3) is 15.9 Å². The van der Waals surface area contributed by atoms with Gasteiger partial charge in [-0.3, -0.25) is 9.63 Å². The van der Waals surface area contributed by atoms with Crippen LogP contribution >= 0.6 is 0 Å². The fourth-order valence-electron chi connectivity index (χ4n) is 1.11. The Labute approximate surface area is 93.2 Å². The number of nitrogens with zero attached hydrogens (tertiary/aromatic N) is 1. The maximum atomic E-state index is 11.6. The van der Waals surface area contributed by atoms with Crippen molar-refractivity contribution in [1.29, 1.82) is 0 Å². The number of carbonyl (C=O) groups excluding carboxylic acids is 1. The zero-order chi connectivity index (χ0) is 12.3. The number of nitrogens with one attached hydrogen (secondary N) is 1. The molecule has 0 atom stereocenters. The molecule has 1 rings (SSSR count). The lowest BCUT2D eigenvalue weighted by molar-refractivity contribution is 0.0992. The van der Waals surface area contributed by atoms with Gasteiger partial charge >= 0.3 is 0 Å². The zero-order valence-corrected chi connectivity index (χ0v) is 9.74. The van der Waals surface area contributed by atoms with Crippen LogP contribution in [0, 0.1) is 0 Å². The molecule has 0 unspecified atom stereocenters. The minimum atomic E-state index is -3.76. The van der Waals surface area contributed by atoms with Gasteiger partial charge in [-0.2, -0.15) is 0 Å². The van der Waals surface area contributed by atoms with Crippen molar-refractivity contribution in [3.63, 3.8) is 0 Å².